The van der Waals surface area contributed by atoms with Gasteiger partial charge in [-0.15, -0.1) is 0 Å². The Balaban J connectivity index is 0.00000106. The fraction of sp³-hybridized carbons (Fsp3) is 0.308. The summed E-state index contributed by atoms with van der Waals surface area (Å²) in [7, 11) is 1.61. The molecule has 0 atom stereocenters. The van der Waals surface area contributed by atoms with Gasteiger partial charge in [0.05, 0.1) is 7.11 Å². The van der Waals surface area contributed by atoms with E-state index in [4.69, 9.17) is 4.74 Å². The van der Waals surface area contributed by atoms with Crippen molar-refractivity contribution in [3.05, 3.63) is 41.0 Å². The van der Waals surface area contributed by atoms with E-state index in [0.717, 1.165) is 15.6 Å². The Hall–Kier alpha value is -1.09. The van der Waals surface area contributed by atoms with Gasteiger partial charge in [-0.1, -0.05) is 36.4 Å². The van der Waals surface area contributed by atoms with Crippen molar-refractivity contribution >= 4 is 21.5 Å². The van der Waals surface area contributed by atoms with Gasteiger partial charge in [-0.05, 0) is 30.7 Å². The molecule has 1 aromatic heterocycles. The molecule has 0 aromatic carbocycles. The number of hydrogen-bond donors (Lipinski definition) is 0. The molecule has 0 unspecified atom stereocenters. The van der Waals surface area contributed by atoms with Crippen molar-refractivity contribution in [2.45, 2.75) is 20.8 Å². The summed E-state index contributed by atoms with van der Waals surface area (Å²) in [5.74, 6) is 0.634. The van der Waals surface area contributed by atoms with Gasteiger partial charge >= 0.3 is 0 Å². The van der Waals surface area contributed by atoms with Crippen LogP contribution < -0.4 is 4.74 Å². The summed E-state index contributed by atoms with van der Waals surface area (Å²) < 4.78 is 5.99. The van der Waals surface area contributed by atoms with E-state index >= 15 is 0 Å². The minimum absolute atomic E-state index is 0.634. The summed E-state index contributed by atoms with van der Waals surface area (Å²) >= 11 is 3.29. The van der Waals surface area contributed by atoms with Crippen LogP contribution in [0.5, 0.6) is 5.88 Å². The lowest BCUT2D eigenvalue weighted by Gasteiger charge is -2.06. The minimum Gasteiger partial charge on any atom is -0.481 e. The van der Waals surface area contributed by atoms with Crippen LogP contribution in [0.3, 0.4) is 0 Å². The molecule has 0 radical (unpaired) electrons. The van der Waals surface area contributed by atoms with Crippen LogP contribution >= 0.6 is 15.9 Å². The van der Waals surface area contributed by atoms with E-state index in [-0.39, 0.29) is 0 Å². The standard InChI is InChI=1S/C11H12BrNO.C2H6/c1-8(7-9(2)12)10-5-4-6-13-11(10)14-3;1-2/h4-7H,2H2,1,3H3;1-2H3/b8-7+;. The number of rotatable bonds is 3. The maximum Gasteiger partial charge on any atom is 0.220 e. The third-order valence-electron chi connectivity index (χ3n) is 1.76. The molecule has 16 heavy (non-hydrogen) atoms. The zero-order valence-electron chi connectivity index (χ0n) is 10.2. The van der Waals surface area contributed by atoms with Crippen LogP contribution in [0.15, 0.2) is 35.5 Å². The van der Waals surface area contributed by atoms with Crippen molar-refractivity contribution in [2.24, 2.45) is 0 Å². The van der Waals surface area contributed by atoms with E-state index < -0.39 is 0 Å². The second-order valence-corrected chi connectivity index (χ2v) is 3.85. The summed E-state index contributed by atoms with van der Waals surface area (Å²) in [5, 5.41) is 0. The first-order valence-electron chi connectivity index (χ1n) is 5.17. The molecular weight excluding hydrogens is 266 g/mol. The van der Waals surface area contributed by atoms with Crippen molar-refractivity contribution in [2.75, 3.05) is 7.11 Å². The van der Waals surface area contributed by atoms with Crippen LogP contribution in [0.4, 0.5) is 0 Å². The smallest absolute Gasteiger partial charge is 0.220 e. The Bertz CT molecular complexity index is 372. The maximum absolute atomic E-state index is 5.15. The molecular formula is C13H18BrNO. The van der Waals surface area contributed by atoms with Gasteiger partial charge in [0.15, 0.2) is 0 Å². The van der Waals surface area contributed by atoms with E-state index in [0.29, 0.717) is 5.88 Å². The van der Waals surface area contributed by atoms with Crippen LogP contribution in [-0.4, -0.2) is 12.1 Å². The predicted molar refractivity (Wildman–Crippen MR) is 73.9 cm³/mol. The van der Waals surface area contributed by atoms with Gasteiger partial charge in [-0.2, -0.15) is 0 Å². The second-order valence-electron chi connectivity index (χ2n) is 2.83. The molecule has 88 valence electrons. The van der Waals surface area contributed by atoms with E-state index in [9.17, 15) is 0 Å². The van der Waals surface area contributed by atoms with Crippen molar-refractivity contribution in [1.82, 2.24) is 4.98 Å². The summed E-state index contributed by atoms with van der Waals surface area (Å²) in [6.45, 7) is 9.75. The topological polar surface area (TPSA) is 22.1 Å². The fourth-order valence-corrected chi connectivity index (χ4v) is 1.51. The first-order valence-corrected chi connectivity index (χ1v) is 5.96. The Labute approximate surface area is 106 Å². The van der Waals surface area contributed by atoms with Gasteiger partial charge < -0.3 is 4.74 Å². The lowest BCUT2D eigenvalue weighted by molar-refractivity contribution is 0.396. The molecule has 1 aromatic rings. The average Bonchev–Trinajstić information content (AvgIpc) is 2.30. The number of pyridine rings is 1. The number of allylic oxidation sites excluding steroid dienone is 3. The average molecular weight is 284 g/mol. The zero-order valence-corrected chi connectivity index (χ0v) is 11.8. The number of hydrogen-bond acceptors (Lipinski definition) is 2. The largest absolute Gasteiger partial charge is 0.481 e. The van der Waals surface area contributed by atoms with Gasteiger partial charge in [-0.3, -0.25) is 0 Å². The number of halogens is 1. The molecule has 0 fully saturated rings. The molecule has 3 heteroatoms. The molecule has 0 amide bonds. The fourth-order valence-electron chi connectivity index (χ4n) is 1.17. The number of methoxy groups -OCH3 is 1. The highest BCUT2D eigenvalue weighted by molar-refractivity contribution is 9.11. The van der Waals surface area contributed by atoms with Gasteiger partial charge in [0, 0.05) is 16.2 Å². The lowest BCUT2D eigenvalue weighted by atomic mass is 10.1. The molecule has 1 rings (SSSR count). The van der Waals surface area contributed by atoms with Gasteiger partial charge in [0.1, 0.15) is 0 Å². The third-order valence-corrected chi connectivity index (χ3v) is 1.99. The van der Waals surface area contributed by atoms with Gasteiger partial charge in [0.2, 0.25) is 5.88 Å². The third kappa shape index (κ3) is 4.62. The second kappa shape index (κ2) is 8.11. The highest BCUT2D eigenvalue weighted by Crippen LogP contribution is 2.24. The van der Waals surface area contributed by atoms with Crippen LogP contribution in [0.2, 0.25) is 0 Å². The molecule has 0 saturated carbocycles. The first kappa shape index (κ1) is 14.9. The predicted octanol–water partition coefficient (Wildman–Crippen LogP) is 4.43. The number of nitrogens with zero attached hydrogens (tertiary/aromatic N) is 1. The zero-order chi connectivity index (χ0) is 12.6. The van der Waals surface area contributed by atoms with Gasteiger partial charge in [0.25, 0.3) is 0 Å². The minimum atomic E-state index is 0.634. The van der Waals surface area contributed by atoms with Crippen LogP contribution in [0.25, 0.3) is 5.57 Å². The Morgan fingerprint density at radius 1 is 1.50 bits per heavy atom. The SMILES string of the molecule is C=C(Br)/C=C(\C)c1cccnc1OC.CC. The Kier molecular flexibility index (Phi) is 7.56. The Morgan fingerprint density at radius 3 is 2.62 bits per heavy atom. The molecule has 2 nitrogen and oxygen atoms in total. The van der Waals surface area contributed by atoms with Crippen molar-refractivity contribution in [3.8, 4) is 5.88 Å². The highest BCUT2D eigenvalue weighted by Gasteiger charge is 2.04. The monoisotopic (exact) mass is 283 g/mol. The molecule has 0 aliphatic rings. The van der Waals surface area contributed by atoms with E-state index in [1.807, 2.05) is 39.0 Å². The highest BCUT2D eigenvalue weighted by atomic mass is 79.9. The van der Waals surface area contributed by atoms with E-state index in [1.165, 1.54) is 0 Å². The van der Waals surface area contributed by atoms with E-state index in [1.54, 1.807) is 13.3 Å². The summed E-state index contributed by atoms with van der Waals surface area (Å²) in [5.41, 5.74) is 2.05. The van der Waals surface area contributed by atoms with Crippen molar-refractivity contribution in [1.29, 1.82) is 0 Å². The molecule has 0 aliphatic carbocycles. The Morgan fingerprint density at radius 2 is 2.12 bits per heavy atom. The molecule has 0 saturated heterocycles. The van der Waals surface area contributed by atoms with Crippen LogP contribution in [-0.2, 0) is 0 Å². The van der Waals surface area contributed by atoms with Crippen LogP contribution in [0, 0.1) is 0 Å². The quantitative estimate of drug-likeness (QED) is 0.766. The first-order chi connectivity index (χ1) is 7.65. The lowest BCUT2D eigenvalue weighted by Crippen LogP contribution is -1.92. The molecule has 0 aliphatic heterocycles. The van der Waals surface area contributed by atoms with Crippen molar-refractivity contribution in [3.63, 3.8) is 0 Å². The molecule has 0 N–H and O–H groups in total. The van der Waals surface area contributed by atoms with E-state index in [2.05, 4.69) is 27.5 Å². The number of aromatic nitrogens is 1. The summed E-state index contributed by atoms with van der Waals surface area (Å²) in [6, 6.07) is 3.85. The molecule has 0 spiro atoms. The van der Waals surface area contributed by atoms with Crippen molar-refractivity contribution < 1.29 is 4.74 Å². The summed E-state index contributed by atoms with van der Waals surface area (Å²) in [6.07, 6.45) is 3.64. The summed E-state index contributed by atoms with van der Waals surface area (Å²) in [4.78, 5) is 4.12. The van der Waals surface area contributed by atoms with Crippen LogP contribution in [0.1, 0.15) is 26.3 Å². The molecule has 1 heterocycles. The normalized spacial score (nSPS) is 10.2. The maximum atomic E-state index is 5.15. The van der Waals surface area contributed by atoms with Gasteiger partial charge in [-0.25, -0.2) is 4.98 Å². The molecule has 0 bridgehead atoms. The number of ether oxygens (including phenoxy) is 1.